The van der Waals surface area contributed by atoms with Crippen molar-refractivity contribution < 1.29 is 19.7 Å². The van der Waals surface area contributed by atoms with Crippen LogP contribution in [0, 0.1) is 25.7 Å². The number of hydrogen-bond acceptors (Lipinski definition) is 3. The summed E-state index contributed by atoms with van der Waals surface area (Å²) in [5.41, 5.74) is 4.56. The lowest BCUT2D eigenvalue weighted by molar-refractivity contribution is -0.137. The molecular formula is C31H41IO4. The van der Waals surface area contributed by atoms with Gasteiger partial charge in [0.1, 0.15) is 11.4 Å². The smallest absolute Gasteiger partial charge is 0.303 e. The van der Waals surface area contributed by atoms with Crippen molar-refractivity contribution in [2.45, 2.75) is 95.0 Å². The summed E-state index contributed by atoms with van der Waals surface area (Å²) in [5, 5.41) is 19.4. The lowest BCUT2D eigenvalue weighted by Crippen LogP contribution is -2.35. The second-order valence-electron chi connectivity index (χ2n) is 9.64. The molecule has 2 unspecified atom stereocenters. The molecule has 4 nitrogen and oxygen atoms in total. The topological polar surface area (TPSA) is 66.8 Å². The fourth-order valence-electron chi connectivity index (χ4n) is 4.66. The van der Waals surface area contributed by atoms with Gasteiger partial charge >= 0.3 is 5.97 Å². The quantitative estimate of drug-likeness (QED) is 0.115. The van der Waals surface area contributed by atoms with Crippen LogP contribution in [0.5, 0.6) is 5.75 Å². The summed E-state index contributed by atoms with van der Waals surface area (Å²) in [4.78, 5) is 10.7. The lowest BCUT2D eigenvalue weighted by atomic mass is 9.69. The van der Waals surface area contributed by atoms with Crippen molar-refractivity contribution in [2.75, 3.05) is 6.61 Å². The molecule has 0 heterocycles. The number of carbonyl (C=O) groups is 1. The van der Waals surface area contributed by atoms with Crippen LogP contribution in [0.2, 0.25) is 0 Å². The van der Waals surface area contributed by atoms with E-state index in [1.165, 1.54) is 11.1 Å². The summed E-state index contributed by atoms with van der Waals surface area (Å²) >= 11 is 2.54. The van der Waals surface area contributed by atoms with E-state index in [9.17, 15) is 9.90 Å². The number of aliphatic hydroxyl groups is 1. The van der Waals surface area contributed by atoms with Crippen molar-refractivity contribution in [3.63, 3.8) is 0 Å². The molecule has 196 valence electrons. The molecule has 0 fully saturated rings. The molecular weight excluding hydrogens is 563 g/mol. The second-order valence-corrected chi connectivity index (χ2v) is 11.5. The Hall–Kier alpha value is -2.04. The first-order chi connectivity index (χ1) is 17.0. The normalized spacial score (nSPS) is 13.9. The number of rotatable bonds is 12. The standard InChI is InChI=1S/C31H41IO4/c1-7-30(35,8-2)18-17-25-13-14-26(20-22(25)4)31(9-3,24(6)32)27-15-16-28(23(5)21-27)36-19-11-10-12-29(33)34/h13-16,20-21,24,35H,7-12,19H2,1-6H3,(H,33,34). The van der Waals surface area contributed by atoms with Crippen LogP contribution in [0.25, 0.3) is 0 Å². The van der Waals surface area contributed by atoms with Crippen LogP contribution >= 0.6 is 22.6 Å². The molecule has 0 bridgehead atoms. The van der Waals surface area contributed by atoms with Crippen LogP contribution in [0.1, 0.15) is 94.0 Å². The minimum atomic E-state index is -0.938. The van der Waals surface area contributed by atoms with Gasteiger partial charge in [0.25, 0.3) is 0 Å². The average Bonchev–Trinajstić information content (AvgIpc) is 2.84. The van der Waals surface area contributed by atoms with Crippen molar-refractivity contribution in [1.29, 1.82) is 0 Å². The number of alkyl halides is 1. The van der Waals surface area contributed by atoms with Crippen molar-refractivity contribution in [3.8, 4) is 17.6 Å². The van der Waals surface area contributed by atoms with Gasteiger partial charge in [0.15, 0.2) is 0 Å². The van der Waals surface area contributed by atoms with E-state index in [1.54, 1.807) is 0 Å². The summed E-state index contributed by atoms with van der Waals surface area (Å²) in [6.45, 7) is 13.1. The zero-order chi connectivity index (χ0) is 26.9. The Bertz CT molecular complexity index is 1090. The molecule has 0 aliphatic heterocycles. The Morgan fingerprint density at radius 3 is 2.11 bits per heavy atom. The third-order valence-corrected chi connectivity index (χ3v) is 8.37. The minimum Gasteiger partial charge on any atom is -0.493 e. The van der Waals surface area contributed by atoms with Crippen molar-refractivity contribution >= 4 is 28.6 Å². The molecule has 36 heavy (non-hydrogen) atoms. The fraction of sp³-hybridized carbons (Fsp3) is 0.516. The monoisotopic (exact) mass is 604 g/mol. The Labute approximate surface area is 231 Å². The first kappa shape index (κ1) is 30.2. The van der Waals surface area contributed by atoms with E-state index in [0.717, 1.165) is 35.3 Å². The van der Waals surface area contributed by atoms with Gasteiger partial charge in [0, 0.05) is 21.3 Å². The summed E-state index contributed by atoms with van der Waals surface area (Å²) in [7, 11) is 0. The minimum absolute atomic E-state index is 0.171. The SMILES string of the molecule is CCC(O)(C#Cc1ccc(C(CC)(c2ccc(OCCCCC(=O)O)c(C)c2)C(C)I)cc1C)CC. The summed E-state index contributed by atoms with van der Waals surface area (Å²) in [5.74, 6) is 6.39. The first-order valence-electron chi connectivity index (χ1n) is 13.0. The van der Waals surface area contributed by atoms with Gasteiger partial charge in [-0.15, -0.1) is 0 Å². The molecule has 2 atom stereocenters. The molecule has 0 saturated carbocycles. The number of halogens is 1. The fourth-order valence-corrected chi connectivity index (χ4v) is 5.82. The number of aryl methyl sites for hydroxylation is 2. The molecule has 2 N–H and O–H groups in total. The van der Waals surface area contributed by atoms with Gasteiger partial charge in [-0.2, -0.15) is 0 Å². The van der Waals surface area contributed by atoms with Crippen LogP contribution < -0.4 is 4.74 Å². The van der Waals surface area contributed by atoms with Gasteiger partial charge < -0.3 is 14.9 Å². The third kappa shape index (κ3) is 7.26. The number of unbranched alkanes of at least 4 members (excludes halogenated alkanes) is 1. The Morgan fingerprint density at radius 1 is 1.00 bits per heavy atom. The maximum atomic E-state index is 10.7. The van der Waals surface area contributed by atoms with Gasteiger partial charge in [-0.05, 0) is 80.3 Å². The summed E-state index contributed by atoms with van der Waals surface area (Å²) < 4.78 is 6.30. The summed E-state index contributed by atoms with van der Waals surface area (Å²) in [6.07, 6.45) is 3.69. The maximum absolute atomic E-state index is 10.7. The number of carboxylic acid groups (broad SMARTS) is 1. The summed E-state index contributed by atoms with van der Waals surface area (Å²) in [6, 6.07) is 13.0. The van der Waals surface area contributed by atoms with Gasteiger partial charge in [-0.1, -0.05) is 86.4 Å². The predicted octanol–water partition coefficient (Wildman–Crippen LogP) is 7.36. The van der Waals surface area contributed by atoms with Crippen LogP contribution in [0.4, 0.5) is 0 Å². The van der Waals surface area contributed by atoms with Crippen LogP contribution in [0.15, 0.2) is 36.4 Å². The van der Waals surface area contributed by atoms with Crippen LogP contribution in [0.3, 0.4) is 0 Å². The zero-order valence-electron chi connectivity index (χ0n) is 22.6. The zero-order valence-corrected chi connectivity index (χ0v) is 24.7. The highest BCUT2D eigenvalue weighted by Crippen LogP contribution is 2.44. The predicted molar refractivity (Wildman–Crippen MR) is 156 cm³/mol. The highest BCUT2D eigenvalue weighted by atomic mass is 127. The molecule has 0 aliphatic rings. The van der Waals surface area contributed by atoms with Crippen LogP contribution in [-0.2, 0) is 10.2 Å². The van der Waals surface area contributed by atoms with E-state index in [1.807, 2.05) is 19.9 Å². The van der Waals surface area contributed by atoms with E-state index in [0.29, 0.717) is 29.8 Å². The highest BCUT2D eigenvalue weighted by molar-refractivity contribution is 14.1. The van der Waals surface area contributed by atoms with Crippen LogP contribution in [-0.4, -0.2) is 32.3 Å². The van der Waals surface area contributed by atoms with Crippen molar-refractivity contribution in [3.05, 3.63) is 64.2 Å². The van der Waals surface area contributed by atoms with Gasteiger partial charge in [0.05, 0.1) is 6.61 Å². The van der Waals surface area contributed by atoms with E-state index in [4.69, 9.17) is 9.84 Å². The molecule has 0 aromatic heterocycles. The Kier molecular flexibility index (Phi) is 11.3. The Balaban J connectivity index is 2.37. The molecule has 0 amide bonds. The van der Waals surface area contributed by atoms with E-state index in [-0.39, 0.29) is 11.8 Å². The number of ether oxygens (including phenoxy) is 1. The molecule has 2 aromatic rings. The third-order valence-electron chi connectivity index (χ3n) is 7.31. The highest BCUT2D eigenvalue weighted by Gasteiger charge is 2.37. The molecule has 5 heteroatoms. The number of aliphatic carboxylic acids is 1. The largest absolute Gasteiger partial charge is 0.493 e. The average molecular weight is 605 g/mol. The molecule has 2 aromatic carbocycles. The molecule has 2 rings (SSSR count). The molecule has 0 saturated heterocycles. The van der Waals surface area contributed by atoms with E-state index in [2.05, 4.69) is 92.5 Å². The van der Waals surface area contributed by atoms with Gasteiger partial charge in [-0.25, -0.2) is 0 Å². The molecule has 0 spiro atoms. The van der Waals surface area contributed by atoms with Gasteiger partial charge in [-0.3, -0.25) is 4.79 Å². The maximum Gasteiger partial charge on any atom is 0.303 e. The van der Waals surface area contributed by atoms with Crippen molar-refractivity contribution in [1.82, 2.24) is 0 Å². The van der Waals surface area contributed by atoms with E-state index < -0.39 is 11.6 Å². The first-order valence-corrected chi connectivity index (χ1v) is 14.2. The second kappa shape index (κ2) is 13.5. The van der Waals surface area contributed by atoms with E-state index >= 15 is 0 Å². The number of benzene rings is 2. The van der Waals surface area contributed by atoms with Crippen molar-refractivity contribution in [2.24, 2.45) is 0 Å². The number of hydrogen-bond donors (Lipinski definition) is 2. The molecule has 0 aliphatic carbocycles. The van der Waals surface area contributed by atoms with Gasteiger partial charge in [0.2, 0.25) is 0 Å². The lowest BCUT2D eigenvalue weighted by Gasteiger charge is -2.38. The molecule has 0 radical (unpaired) electrons. The number of carboxylic acids is 1. The Morgan fingerprint density at radius 2 is 1.61 bits per heavy atom.